The number of hydrogen-bond donors (Lipinski definition) is 2. The van der Waals surface area contributed by atoms with E-state index in [4.69, 9.17) is 11.5 Å². The van der Waals surface area contributed by atoms with Gasteiger partial charge in [-0.05, 0) is 100 Å². The van der Waals surface area contributed by atoms with E-state index in [0.717, 1.165) is 28.9 Å². The predicted molar refractivity (Wildman–Crippen MR) is 150 cm³/mol. The van der Waals surface area contributed by atoms with Gasteiger partial charge in [0.15, 0.2) is 0 Å². The summed E-state index contributed by atoms with van der Waals surface area (Å²) in [6.07, 6.45) is 0.950. The lowest BCUT2D eigenvalue weighted by Crippen LogP contribution is -1.96. The number of aryl methyl sites for hydroxylation is 2. The molecule has 6 rings (SSSR count). The van der Waals surface area contributed by atoms with Gasteiger partial charge in [-0.3, -0.25) is 0 Å². The summed E-state index contributed by atoms with van der Waals surface area (Å²) in [5.74, 6) is 0. The molecule has 172 valence electrons. The van der Waals surface area contributed by atoms with Crippen LogP contribution < -0.4 is 11.5 Å². The molecule has 0 aromatic heterocycles. The topological polar surface area (TPSA) is 52.0 Å². The fourth-order valence-electron chi connectivity index (χ4n) is 4.84. The highest BCUT2D eigenvalue weighted by molar-refractivity contribution is 5.94. The summed E-state index contributed by atoms with van der Waals surface area (Å²) in [5.41, 5.74) is 26.5. The largest absolute Gasteiger partial charge is 0.399 e. The third kappa shape index (κ3) is 4.43. The second-order valence-corrected chi connectivity index (χ2v) is 9.15. The Labute approximate surface area is 207 Å². The number of benzene rings is 5. The van der Waals surface area contributed by atoms with E-state index < -0.39 is 0 Å². The average Bonchev–Trinajstić information content (AvgIpc) is 3.27. The lowest BCUT2D eigenvalue weighted by molar-refractivity contribution is 1.26. The number of rotatable bonds is 2. The molecule has 1 aliphatic carbocycles. The maximum atomic E-state index is 6.12. The van der Waals surface area contributed by atoms with Crippen molar-refractivity contribution < 1.29 is 0 Å². The van der Waals surface area contributed by atoms with Crippen molar-refractivity contribution in [2.24, 2.45) is 0 Å². The lowest BCUT2D eigenvalue weighted by atomic mass is 9.87. The van der Waals surface area contributed by atoms with Crippen LogP contribution in [0.4, 0.5) is 11.4 Å². The van der Waals surface area contributed by atoms with Crippen LogP contribution in [0.5, 0.6) is 0 Å². The SMILES string of the molecule is Cc1cc(-c2ccc3c(c2-c2ccc(N)c(C)c2)Cc2ccccc2-3)ccc1N.c1ccccc1. The molecular formula is C33H30N2. The molecule has 5 aromatic rings. The molecule has 0 saturated heterocycles. The van der Waals surface area contributed by atoms with Crippen molar-refractivity contribution in [1.82, 2.24) is 0 Å². The summed E-state index contributed by atoms with van der Waals surface area (Å²) in [7, 11) is 0. The summed E-state index contributed by atoms with van der Waals surface area (Å²) in [6.45, 7) is 4.14. The Morgan fingerprint density at radius 3 is 1.69 bits per heavy atom. The third-order valence-corrected chi connectivity index (χ3v) is 6.79. The molecule has 0 atom stereocenters. The zero-order valence-corrected chi connectivity index (χ0v) is 20.3. The fourth-order valence-corrected chi connectivity index (χ4v) is 4.84. The maximum absolute atomic E-state index is 6.12. The van der Waals surface area contributed by atoms with Crippen LogP contribution in [0, 0.1) is 13.8 Å². The smallest absolute Gasteiger partial charge is 0.0344 e. The Kier molecular flexibility index (Phi) is 6.12. The van der Waals surface area contributed by atoms with Gasteiger partial charge in [-0.2, -0.15) is 0 Å². The highest BCUT2D eigenvalue weighted by Gasteiger charge is 2.24. The second-order valence-electron chi connectivity index (χ2n) is 9.15. The first-order chi connectivity index (χ1) is 17.0. The molecule has 2 heteroatoms. The molecule has 0 radical (unpaired) electrons. The number of hydrogen-bond acceptors (Lipinski definition) is 2. The summed E-state index contributed by atoms with van der Waals surface area (Å²) in [6, 6.07) is 37.9. The van der Waals surface area contributed by atoms with Crippen molar-refractivity contribution in [3.8, 4) is 33.4 Å². The van der Waals surface area contributed by atoms with Crippen molar-refractivity contribution >= 4 is 11.4 Å². The van der Waals surface area contributed by atoms with Crippen LogP contribution in [0.1, 0.15) is 22.3 Å². The van der Waals surface area contributed by atoms with E-state index in [0.29, 0.717) is 0 Å². The van der Waals surface area contributed by atoms with Crippen LogP contribution in [0.15, 0.2) is 109 Å². The van der Waals surface area contributed by atoms with Gasteiger partial charge in [0.1, 0.15) is 0 Å². The number of nitrogen functional groups attached to an aromatic ring is 2. The van der Waals surface area contributed by atoms with Gasteiger partial charge in [-0.25, -0.2) is 0 Å². The van der Waals surface area contributed by atoms with Crippen LogP contribution in [-0.2, 0) is 6.42 Å². The maximum Gasteiger partial charge on any atom is 0.0344 e. The Balaban J connectivity index is 0.000000371. The van der Waals surface area contributed by atoms with E-state index in [2.05, 4.69) is 74.5 Å². The summed E-state index contributed by atoms with van der Waals surface area (Å²) >= 11 is 0. The van der Waals surface area contributed by atoms with Gasteiger partial charge >= 0.3 is 0 Å². The summed E-state index contributed by atoms with van der Waals surface area (Å²) in [5, 5.41) is 0. The molecule has 0 saturated carbocycles. The van der Waals surface area contributed by atoms with Crippen molar-refractivity contribution in [1.29, 1.82) is 0 Å². The molecule has 0 bridgehead atoms. The molecule has 2 nitrogen and oxygen atoms in total. The van der Waals surface area contributed by atoms with Crippen molar-refractivity contribution in [2.75, 3.05) is 11.5 Å². The van der Waals surface area contributed by atoms with Crippen molar-refractivity contribution in [3.05, 3.63) is 131 Å². The molecule has 1 aliphatic rings. The van der Waals surface area contributed by atoms with E-state index in [1.807, 2.05) is 48.5 Å². The minimum atomic E-state index is 0.826. The summed E-state index contributed by atoms with van der Waals surface area (Å²) in [4.78, 5) is 0. The molecule has 5 aromatic carbocycles. The Hall–Kier alpha value is -4.30. The minimum Gasteiger partial charge on any atom is -0.399 e. The van der Waals surface area contributed by atoms with Crippen molar-refractivity contribution in [2.45, 2.75) is 20.3 Å². The van der Waals surface area contributed by atoms with Gasteiger partial charge < -0.3 is 11.5 Å². The standard InChI is InChI=1S/C27H24N2.C6H6/c1-16-13-19(7-11-25(16)28)22-9-10-23-21-6-4-3-5-18(21)15-24(23)27(22)20-8-12-26(29)17(2)14-20;1-2-4-6-5-3-1/h3-14H,15,28-29H2,1-2H3;1-6H. The Morgan fingerprint density at radius 1 is 0.514 bits per heavy atom. The zero-order chi connectivity index (χ0) is 24.4. The van der Waals surface area contributed by atoms with E-state index >= 15 is 0 Å². The van der Waals surface area contributed by atoms with E-state index in [1.165, 1.54) is 44.5 Å². The molecule has 35 heavy (non-hydrogen) atoms. The van der Waals surface area contributed by atoms with Gasteiger partial charge in [0.05, 0.1) is 0 Å². The molecule has 4 N–H and O–H groups in total. The number of fused-ring (bicyclic) bond motifs is 3. The van der Waals surface area contributed by atoms with Crippen LogP contribution in [0.2, 0.25) is 0 Å². The molecule has 0 spiro atoms. The Bertz CT molecular complexity index is 1470. The molecule has 0 heterocycles. The zero-order valence-electron chi connectivity index (χ0n) is 20.3. The highest BCUT2D eigenvalue weighted by atomic mass is 14.6. The van der Waals surface area contributed by atoms with E-state index in [-0.39, 0.29) is 0 Å². The first-order valence-electron chi connectivity index (χ1n) is 12.0. The first-order valence-corrected chi connectivity index (χ1v) is 12.0. The average molecular weight is 455 g/mol. The molecule has 0 aliphatic heterocycles. The predicted octanol–water partition coefficient (Wildman–Crippen LogP) is 8.06. The second kappa shape index (κ2) is 9.52. The minimum absolute atomic E-state index is 0.826. The molecular weight excluding hydrogens is 424 g/mol. The normalized spacial score (nSPS) is 11.3. The van der Waals surface area contributed by atoms with Crippen LogP contribution in [-0.4, -0.2) is 0 Å². The van der Waals surface area contributed by atoms with Crippen LogP contribution >= 0.6 is 0 Å². The summed E-state index contributed by atoms with van der Waals surface area (Å²) < 4.78 is 0. The highest BCUT2D eigenvalue weighted by Crippen LogP contribution is 2.46. The monoisotopic (exact) mass is 454 g/mol. The lowest BCUT2D eigenvalue weighted by Gasteiger charge is -2.17. The van der Waals surface area contributed by atoms with Crippen LogP contribution in [0.3, 0.4) is 0 Å². The fraction of sp³-hybridized carbons (Fsp3) is 0.0909. The van der Waals surface area contributed by atoms with Crippen LogP contribution in [0.25, 0.3) is 33.4 Å². The van der Waals surface area contributed by atoms with E-state index in [9.17, 15) is 0 Å². The number of anilines is 2. The van der Waals surface area contributed by atoms with Gasteiger partial charge in [-0.1, -0.05) is 84.9 Å². The molecule has 0 unspecified atom stereocenters. The first kappa shape index (κ1) is 22.5. The third-order valence-electron chi connectivity index (χ3n) is 6.79. The molecule has 0 amide bonds. The van der Waals surface area contributed by atoms with Gasteiger partial charge in [0, 0.05) is 11.4 Å². The van der Waals surface area contributed by atoms with Gasteiger partial charge in [0.2, 0.25) is 0 Å². The van der Waals surface area contributed by atoms with Gasteiger partial charge in [0.25, 0.3) is 0 Å². The van der Waals surface area contributed by atoms with E-state index in [1.54, 1.807) is 0 Å². The molecule has 0 fully saturated rings. The van der Waals surface area contributed by atoms with Crippen molar-refractivity contribution in [3.63, 3.8) is 0 Å². The Morgan fingerprint density at radius 2 is 1.06 bits per heavy atom. The quantitative estimate of drug-likeness (QED) is 0.260. The number of nitrogens with two attached hydrogens (primary N) is 2. The van der Waals surface area contributed by atoms with Gasteiger partial charge in [-0.15, -0.1) is 0 Å².